The minimum absolute atomic E-state index is 0.0911. The molecule has 0 aliphatic rings. The number of hydrogen-bond acceptors (Lipinski definition) is 2. The second-order valence-electron chi connectivity index (χ2n) is 7.54. The van der Waals surface area contributed by atoms with Gasteiger partial charge in [-0.15, -0.1) is 0 Å². The summed E-state index contributed by atoms with van der Waals surface area (Å²) in [5.74, 6) is 0.301. The minimum atomic E-state index is 0.0911. The van der Waals surface area contributed by atoms with Crippen LogP contribution >= 0.6 is 0 Å². The first-order valence-corrected chi connectivity index (χ1v) is 8.92. The molecule has 0 aliphatic carbocycles. The molecule has 0 amide bonds. The van der Waals surface area contributed by atoms with E-state index in [0.29, 0.717) is 5.75 Å². The number of phenols is 1. The minimum Gasteiger partial charge on any atom is -0.508 e. The number of aromatic hydroxyl groups is 1. The number of unbranched alkanes of at least 4 members (excludes halogenated alkanes) is 1. The lowest BCUT2D eigenvalue weighted by atomic mass is 9.83. The first-order chi connectivity index (χ1) is 11.3. The van der Waals surface area contributed by atoms with Crippen molar-refractivity contribution in [3.05, 3.63) is 53.1 Å². The maximum absolute atomic E-state index is 9.99. The fourth-order valence-corrected chi connectivity index (χ4v) is 2.96. The Kier molecular flexibility index (Phi) is 6.06. The summed E-state index contributed by atoms with van der Waals surface area (Å²) in [7, 11) is 0. The maximum Gasteiger partial charge on any atom is 0.116 e. The number of aliphatic hydroxyl groups excluding tert-OH is 1. The Morgan fingerprint density at radius 2 is 1.71 bits per heavy atom. The van der Waals surface area contributed by atoms with Crippen LogP contribution in [-0.2, 0) is 18.3 Å². The highest BCUT2D eigenvalue weighted by atomic mass is 16.3. The van der Waals surface area contributed by atoms with Crippen molar-refractivity contribution < 1.29 is 10.2 Å². The van der Waals surface area contributed by atoms with Crippen LogP contribution in [0.3, 0.4) is 0 Å². The van der Waals surface area contributed by atoms with Crippen LogP contribution in [-0.4, -0.2) is 16.8 Å². The number of hydrogen-bond donors (Lipinski definition) is 2. The molecule has 0 fully saturated rings. The van der Waals surface area contributed by atoms with Crippen molar-refractivity contribution in [2.75, 3.05) is 6.61 Å². The molecule has 0 spiro atoms. The lowest BCUT2D eigenvalue weighted by molar-refractivity contribution is 0.284. The van der Waals surface area contributed by atoms with Crippen LogP contribution in [0.1, 0.15) is 57.2 Å². The van der Waals surface area contributed by atoms with Crippen molar-refractivity contribution in [3.63, 3.8) is 0 Å². The predicted octanol–water partition coefficient (Wildman–Crippen LogP) is 5.23. The number of phenolic OH excluding ortho intramolecular Hbond substituents is 1. The molecule has 0 unspecified atom stereocenters. The van der Waals surface area contributed by atoms with E-state index in [1.54, 1.807) is 6.07 Å². The summed E-state index contributed by atoms with van der Waals surface area (Å²) < 4.78 is 0. The molecule has 2 aromatic carbocycles. The van der Waals surface area contributed by atoms with Gasteiger partial charge in [-0.2, -0.15) is 0 Å². The Hall–Kier alpha value is -1.80. The molecular formula is C22H30O2. The first kappa shape index (κ1) is 18.5. The molecule has 2 aromatic rings. The number of benzene rings is 2. The Balaban J connectivity index is 2.52. The molecule has 130 valence electrons. The number of rotatable bonds is 6. The van der Waals surface area contributed by atoms with Crippen molar-refractivity contribution in [2.45, 2.75) is 58.8 Å². The molecular weight excluding hydrogens is 296 g/mol. The van der Waals surface area contributed by atoms with Crippen molar-refractivity contribution in [2.24, 2.45) is 0 Å². The summed E-state index contributed by atoms with van der Waals surface area (Å²) in [6.45, 7) is 9.10. The van der Waals surface area contributed by atoms with Gasteiger partial charge in [-0.1, -0.05) is 52.0 Å². The third kappa shape index (κ3) is 4.61. The number of aryl methyl sites for hydroxylation is 2. The fourth-order valence-electron chi connectivity index (χ4n) is 2.96. The van der Waals surface area contributed by atoms with Crippen LogP contribution < -0.4 is 0 Å². The van der Waals surface area contributed by atoms with Gasteiger partial charge in [0.1, 0.15) is 5.75 Å². The molecule has 2 rings (SSSR count). The average Bonchev–Trinajstić information content (AvgIpc) is 2.55. The zero-order valence-corrected chi connectivity index (χ0v) is 15.4. The van der Waals surface area contributed by atoms with E-state index in [9.17, 15) is 5.11 Å². The van der Waals surface area contributed by atoms with E-state index in [-0.39, 0.29) is 12.0 Å². The van der Waals surface area contributed by atoms with Gasteiger partial charge in [0.2, 0.25) is 0 Å². The van der Waals surface area contributed by atoms with Crippen molar-refractivity contribution >= 4 is 0 Å². The van der Waals surface area contributed by atoms with E-state index in [1.165, 1.54) is 22.3 Å². The van der Waals surface area contributed by atoms with E-state index >= 15 is 0 Å². The van der Waals surface area contributed by atoms with Gasteiger partial charge in [0, 0.05) is 6.61 Å². The van der Waals surface area contributed by atoms with E-state index < -0.39 is 0 Å². The molecule has 0 aromatic heterocycles. The lowest BCUT2D eigenvalue weighted by Gasteiger charge is -2.22. The third-order valence-corrected chi connectivity index (χ3v) is 4.53. The van der Waals surface area contributed by atoms with Crippen molar-refractivity contribution in [1.82, 2.24) is 0 Å². The highest BCUT2D eigenvalue weighted by Gasteiger charge is 2.16. The highest BCUT2D eigenvalue weighted by Crippen LogP contribution is 2.33. The summed E-state index contributed by atoms with van der Waals surface area (Å²) in [6.07, 6.45) is 3.67. The van der Waals surface area contributed by atoms with Gasteiger partial charge in [-0.25, -0.2) is 0 Å². The van der Waals surface area contributed by atoms with Gasteiger partial charge in [-0.3, -0.25) is 0 Å². The molecule has 0 aliphatic heterocycles. The largest absolute Gasteiger partial charge is 0.508 e. The van der Waals surface area contributed by atoms with Crippen LogP contribution in [0.15, 0.2) is 36.4 Å². The van der Waals surface area contributed by atoms with Crippen LogP contribution in [0.4, 0.5) is 0 Å². The van der Waals surface area contributed by atoms with E-state index in [4.69, 9.17) is 5.11 Å². The second kappa shape index (κ2) is 7.85. The molecule has 24 heavy (non-hydrogen) atoms. The SMILES string of the molecule is CCc1cc(-c2cc(O)ccc2CCCCO)cc(C(C)(C)C)c1. The van der Waals surface area contributed by atoms with Gasteiger partial charge < -0.3 is 10.2 Å². The van der Waals surface area contributed by atoms with E-state index in [1.807, 2.05) is 12.1 Å². The van der Waals surface area contributed by atoms with Gasteiger partial charge in [0.15, 0.2) is 0 Å². The zero-order chi connectivity index (χ0) is 17.7. The average molecular weight is 326 g/mol. The lowest BCUT2D eigenvalue weighted by Crippen LogP contribution is -2.11. The Labute approximate surface area is 146 Å². The molecule has 0 bridgehead atoms. The number of aliphatic hydroxyl groups is 1. The topological polar surface area (TPSA) is 40.5 Å². The monoisotopic (exact) mass is 326 g/mol. The standard InChI is InChI=1S/C22H30O2/c1-5-16-12-18(14-19(13-16)22(2,3)4)21-15-20(24)10-9-17(21)8-6-7-11-23/h9-10,12-15,23-24H,5-8,11H2,1-4H3. The molecule has 0 saturated carbocycles. The molecule has 2 N–H and O–H groups in total. The molecule has 0 heterocycles. The van der Waals surface area contributed by atoms with Gasteiger partial charge in [-0.05, 0) is 71.0 Å². The zero-order valence-electron chi connectivity index (χ0n) is 15.4. The van der Waals surface area contributed by atoms with E-state index in [2.05, 4.69) is 45.9 Å². The first-order valence-electron chi connectivity index (χ1n) is 8.92. The molecule has 2 nitrogen and oxygen atoms in total. The quantitative estimate of drug-likeness (QED) is 0.713. The highest BCUT2D eigenvalue weighted by molar-refractivity contribution is 5.70. The molecule has 0 radical (unpaired) electrons. The molecule has 0 saturated heterocycles. The summed E-state index contributed by atoms with van der Waals surface area (Å²) in [6, 6.07) is 12.4. The maximum atomic E-state index is 9.99. The van der Waals surface area contributed by atoms with E-state index in [0.717, 1.165) is 31.2 Å². The van der Waals surface area contributed by atoms with Crippen LogP contribution in [0.2, 0.25) is 0 Å². The Bertz CT molecular complexity index is 681. The van der Waals surface area contributed by atoms with Crippen LogP contribution in [0, 0.1) is 0 Å². The van der Waals surface area contributed by atoms with Crippen LogP contribution in [0.25, 0.3) is 11.1 Å². The second-order valence-corrected chi connectivity index (χ2v) is 7.54. The third-order valence-electron chi connectivity index (χ3n) is 4.53. The summed E-state index contributed by atoms with van der Waals surface area (Å²) in [5, 5.41) is 19.0. The van der Waals surface area contributed by atoms with Gasteiger partial charge in [0.05, 0.1) is 0 Å². The predicted molar refractivity (Wildman–Crippen MR) is 102 cm³/mol. The molecule has 2 heteroatoms. The Morgan fingerprint density at radius 3 is 2.33 bits per heavy atom. The van der Waals surface area contributed by atoms with Crippen molar-refractivity contribution in [3.8, 4) is 16.9 Å². The Morgan fingerprint density at radius 1 is 0.958 bits per heavy atom. The molecule has 0 atom stereocenters. The summed E-state index contributed by atoms with van der Waals surface area (Å²) in [4.78, 5) is 0. The normalized spacial score (nSPS) is 11.7. The smallest absolute Gasteiger partial charge is 0.116 e. The van der Waals surface area contributed by atoms with Gasteiger partial charge in [0.25, 0.3) is 0 Å². The van der Waals surface area contributed by atoms with Gasteiger partial charge >= 0.3 is 0 Å². The fraction of sp³-hybridized carbons (Fsp3) is 0.455. The van der Waals surface area contributed by atoms with Crippen molar-refractivity contribution in [1.29, 1.82) is 0 Å². The summed E-state index contributed by atoms with van der Waals surface area (Å²) in [5.41, 5.74) is 6.24. The summed E-state index contributed by atoms with van der Waals surface area (Å²) >= 11 is 0. The van der Waals surface area contributed by atoms with Crippen LogP contribution in [0.5, 0.6) is 5.75 Å².